The maximum absolute atomic E-state index is 12.0. The normalized spacial score (nSPS) is 15.2. The Morgan fingerprint density at radius 1 is 1.44 bits per heavy atom. The van der Waals surface area contributed by atoms with Gasteiger partial charge >= 0.3 is 0 Å². The van der Waals surface area contributed by atoms with Crippen LogP contribution in [-0.2, 0) is 4.74 Å². The van der Waals surface area contributed by atoms with Crippen LogP contribution in [0.5, 0.6) is 0 Å². The van der Waals surface area contributed by atoms with E-state index in [9.17, 15) is 4.79 Å². The molecule has 1 aliphatic rings. The fraction of sp³-hybridized carbons (Fsp3) is 0.250. The van der Waals surface area contributed by atoms with Crippen molar-refractivity contribution in [1.29, 1.82) is 0 Å². The molecule has 0 spiro atoms. The van der Waals surface area contributed by atoms with Crippen LogP contribution in [0.2, 0.25) is 5.02 Å². The fourth-order valence-electron chi connectivity index (χ4n) is 1.50. The molecule has 2 rings (SSSR count). The van der Waals surface area contributed by atoms with E-state index in [2.05, 4.69) is 22.6 Å². The largest absolute Gasteiger partial charge is 0.490 e. The molecule has 84 valence electrons. The number of allylic oxidation sites excluding steroid dienone is 2. The predicted molar refractivity (Wildman–Crippen MR) is 71.8 cm³/mol. The standard InChI is InChI=1S/C12H10ClIO2/c13-9-7-8(4-5-10(9)14)12(15)11-3-1-2-6-16-11/h3-5,7H,1-2,6H2. The Morgan fingerprint density at radius 2 is 2.25 bits per heavy atom. The highest BCUT2D eigenvalue weighted by molar-refractivity contribution is 14.1. The second kappa shape index (κ2) is 5.19. The maximum Gasteiger partial charge on any atom is 0.227 e. The van der Waals surface area contributed by atoms with Gasteiger partial charge in [0.15, 0.2) is 5.76 Å². The van der Waals surface area contributed by atoms with Gasteiger partial charge in [-0.25, -0.2) is 0 Å². The van der Waals surface area contributed by atoms with Crippen molar-refractivity contribution < 1.29 is 9.53 Å². The molecule has 1 aromatic rings. The average Bonchev–Trinajstić information content (AvgIpc) is 2.33. The lowest BCUT2D eigenvalue weighted by Gasteiger charge is -2.13. The molecule has 0 fully saturated rings. The van der Waals surface area contributed by atoms with Crippen LogP contribution in [0.1, 0.15) is 23.2 Å². The minimum Gasteiger partial charge on any atom is -0.490 e. The quantitative estimate of drug-likeness (QED) is 0.600. The molecule has 4 heteroatoms. The molecule has 0 N–H and O–H groups in total. The third-order valence-electron chi connectivity index (χ3n) is 2.34. The van der Waals surface area contributed by atoms with Crippen LogP contribution in [0.4, 0.5) is 0 Å². The van der Waals surface area contributed by atoms with Gasteiger partial charge < -0.3 is 4.74 Å². The number of ether oxygens (including phenoxy) is 1. The molecule has 1 heterocycles. The maximum atomic E-state index is 12.0. The van der Waals surface area contributed by atoms with Gasteiger partial charge in [0.1, 0.15) is 0 Å². The van der Waals surface area contributed by atoms with Gasteiger partial charge in [-0.05, 0) is 59.7 Å². The molecule has 0 amide bonds. The molecule has 0 saturated heterocycles. The summed E-state index contributed by atoms with van der Waals surface area (Å²) in [5, 5.41) is 0.600. The van der Waals surface area contributed by atoms with Crippen molar-refractivity contribution in [2.45, 2.75) is 12.8 Å². The van der Waals surface area contributed by atoms with Crippen molar-refractivity contribution in [1.82, 2.24) is 0 Å². The van der Waals surface area contributed by atoms with Crippen molar-refractivity contribution in [2.24, 2.45) is 0 Å². The minimum atomic E-state index is -0.0852. The first kappa shape index (κ1) is 11.9. The highest BCUT2D eigenvalue weighted by atomic mass is 127. The Hall–Kier alpha value is -0.550. The van der Waals surface area contributed by atoms with E-state index in [1.807, 2.05) is 12.1 Å². The molecular formula is C12H10ClIO2. The number of carbonyl (C=O) groups is 1. The molecule has 16 heavy (non-hydrogen) atoms. The molecule has 2 nitrogen and oxygen atoms in total. The molecule has 0 saturated carbocycles. The van der Waals surface area contributed by atoms with E-state index in [0.717, 1.165) is 16.4 Å². The highest BCUT2D eigenvalue weighted by Crippen LogP contribution is 2.22. The Morgan fingerprint density at radius 3 is 2.88 bits per heavy atom. The average molecular weight is 349 g/mol. The lowest BCUT2D eigenvalue weighted by molar-refractivity contribution is 0.0899. The molecule has 1 aromatic carbocycles. The lowest BCUT2D eigenvalue weighted by atomic mass is 10.1. The SMILES string of the molecule is O=C(C1=CCCCO1)c1ccc(I)c(Cl)c1. The first-order chi connectivity index (χ1) is 7.68. The lowest BCUT2D eigenvalue weighted by Crippen LogP contribution is -2.11. The van der Waals surface area contributed by atoms with E-state index in [4.69, 9.17) is 16.3 Å². The highest BCUT2D eigenvalue weighted by Gasteiger charge is 2.16. The van der Waals surface area contributed by atoms with Gasteiger partial charge in [0.05, 0.1) is 11.6 Å². The molecule has 0 aliphatic carbocycles. The van der Waals surface area contributed by atoms with Crippen molar-refractivity contribution in [3.05, 3.63) is 44.2 Å². The third kappa shape index (κ3) is 2.58. The molecule has 1 aliphatic heterocycles. The number of carbonyl (C=O) groups excluding carboxylic acids is 1. The molecule has 0 bridgehead atoms. The van der Waals surface area contributed by atoms with E-state index in [-0.39, 0.29) is 5.78 Å². The fourth-order valence-corrected chi connectivity index (χ4v) is 2.01. The number of benzene rings is 1. The Kier molecular flexibility index (Phi) is 3.86. The van der Waals surface area contributed by atoms with E-state index in [1.54, 1.807) is 12.1 Å². The summed E-state index contributed by atoms with van der Waals surface area (Å²) in [5.41, 5.74) is 0.582. The zero-order chi connectivity index (χ0) is 11.5. The van der Waals surface area contributed by atoms with E-state index in [0.29, 0.717) is 23.0 Å². The van der Waals surface area contributed by atoms with E-state index in [1.165, 1.54) is 0 Å². The van der Waals surface area contributed by atoms with E-state index >= 15 is 0 Å². The molecule has 0 aromatic heterocycles. The second-order valence-corrected chi connectivity index (χ2v) is 5.09. The van der Waals surface area contributed by atoms with Crippen LogP contribution in [0.15, 0.2) is 30.0 Å². The van der Waals surface area contributed by atoms with E-state index < -0.39 is 0 Å². The van der Waals surface area contributed by atoms with Crippen molar-refractivity contribution in [2.75, 3.05) is 6.61 Å². The van der Waals surface area contributed by atoms with Crippen LogP contribution in [-0.4, -0.2) is 12.4 Å². The van der Waals surface area contributed by atoms with Gasteiger partial charge in [-0.15, -0.1) is 0 Å². The van der Waals surface area contributed by atoms with Crippen LogP contribution in [0, 0.1) is 3.57 Å². The summed E-state index contributed by atoms with van der Waals surface area (Å²) in [5.74, 6) is 0.363. The zero-order valence-electron chi connectivity index (χ0n) is 8.50. The van der Waals surface area contributed by atoms with Gasteiger partial charge in [-0.1, -0.05) is 11.6 Å². The summed E-state index contributed by atoms with van der Waals surface area (Å²) < 4.78 is 6.27. The number of rotatable bonds is 2. The zero-order valence-corrected chi connectivity index (χ0v) is 11.4. The topological polar surface area (TPSA) is 26.3 Å². The van der Waals surface area contributed by atoms with Gasteiger partial charge in [0.2, 0.25) is 5.78 Å². The van der Waals surface area contributed by atoms with Gasteiger partial charge in [-0.2, -0.15) is 0 Å². The van der Waals surface area contributed by atoms with Gasteiger partial charge in [0.25, 0.3) is 0 Å². The van der Waals surface area contributed by atoms with Crippen LogP contribution in [0.25, 0.3) is 0 Å². The summed E-state index contributed by atoms with van der Waals surface area (Å²) in [6.07, 6.45) is 3.72. The van der Waals surface area contributed by atoms with Crippen molar-refractivity contribution in [3.8, 4) is 0 Å². The third-order valence-corrected chi connectivity index (χ3v) is 3.91. The van der Waals surface area contributed by atoms with Gasteiger partial charge in [-0.3, -0.25) is 4.79 Å². The molecule has 0 radical (unpaired) electrons. The number of hydrogen-bond donors (Lipinski definition) is 0. The number of hydrogen-bond acceptors (Lipinski definition) is 2. The summed E-state index contributed by atoms with van der Waals surface area (Å²) in [4.78, 5) is 12.0. The Balaban J connectivity index is 2.26. The van der Waals surface area contributed by atoms with Crippen molar-refractivity contribution >= 4 is 40.0 Å². The van der Waals surface area contributed by atoms with Crippen LogP contribution >= 0.6 is 34.2 Å². The van der Waals surface area contributed by atoms with Crippen molar-refractivity contribution in [3.63, 3.8) is 0 Å². The van der Waals surface area contributed by atoms with Crippen LogP contribution < -0.4 is 0 Å². The number of Topliss-reactive ketones (excluding diaryl/α,β-unsaturated/α-hetero) is 1. The summed E-state index contributed by atoms with van der Waals surface area (Å²) in [6, 6.07) is 5.29. The Labute approximate surface area is 113 Å². The summed E-state index contributed by atoms with van der Waals surface area (Å²) in [6.45, 7) is 0.621. The molecule has 0 atom stereocenters. The first-order valence-corrected chi connectivity index (χ1v) is 6.47. The van der Waals surface area contributed by atoms with Gasteiger partial charge in [0, 0.05) is 9.13 Å². The number of ketones is 1. The Bertz CT molecular complexity index is 454. The molecule has 0 unspecified atom stereocenters. The summed E-state index contributed by atoms with van der Waals surface area (Å²) >= 11 is 8.11. The minimum absolute atomic E-state index is 0.0852. The summed E-state index contributed by atoms with van der Waals surface area (Å²) in [7, 11) is 0. The second-order valence-electron chi connectivity index (χ2n) is 3.52. The van der Waals surface area contributed by atoms with Crippen LogP contribution in [0.3, 0.4) is 0 Å². The monoisotopic (exact) mass is 348 g/mol. The predicted octanol–water partition coefficient (Wildman–Crippen LogP) is 3.82. The number of halogens is 2. The molecular weight excluding hydrogens is 338 g/mol. The smallest absolute Gasteiger partial charge is 0.227 e. The first-order valence-electron chi connectivity index (χ1n) is 5.01.